The summed E-state index contributed by atoms with van der Waals surface area (Å²) in [5.41, 5.74) is 2.78. The quantitative estimate of drug-likeness (QED) is 0.694. The molecule has 2 aromatic carbocycles. The van der Waals surface area contributed by atoms with Crippen LogP contribution in [-0.2, 0) is 11.2 Å². The number of benzene rings is 2. The molecule has 0 fully saturated rings. The van der Waals surface area contributed by atoms with Gasteiger partial charge in [0.2, 0.25) is 0 Å². The minimum Gasteiger partial charge on any atom is -0.506 e. The van der Waals surface area contributed by atoms with Crippen LogP contribution >= 0.6 is 0 Å². The molecule has 1 heterocycles. The smallest absolute Gasteiger partial charge is 0.338 e. The summed E-state index contributed by atoms with van der Waals surface area (Å²) in [6.07, 6.45) is 0.473. The zero-order valence-electron chi connectivity index (χ0n) is 13.1. The first-order valence-corrected chi connectivity index (χ1v) is 7.59. The van der Waals surface area contributed by atoms with Gasteiger partial charge < -0.3 is 14.9 Å². The van der Waals surface area contributed by atoms with E-state index in [0.29, 0.717) is 35.3 Å². The number of fused-ring (bicyclic) bond motifs is 1. The number of ether oxygens (including phenoxy) is 1. The van der Waals surface area contributed by atoms with Crippen molar-refractivity contribution in [2.24, 2.45) is 0 Å². The minimum absolute atomic E-state index is 0.0155. The Balaban J connectivity index is 2.02. The van der Waals surface area contributed by atoms with Crippen LogP contribution in [-0.4, -0.2) is 44.4 Å². The molecule has 1 aromatic heterocycles. The molecule has 0 unspecified atom stereocenters. The normalized spacial score (nSPS) is 10.9. The largest absolute Gasteiger partial charge is 0.506 e. The fraction of sp³-hybridized carbons (Fsp3) is 0.235. The summed E-state index contributed by atoms with van der Waals surface area (Å²) in [4.78, 5) is 13.1. The van der Waals surface area contributed by atoms with Crippen molar-refractivity contribution in [3.05, 3.63) is 47.5 Å². The highest BCUT2D eigenvalue weighted by Crippen LogP contribution is 2.23. The van der Waals surface area contributed by atoms with Crippen LogP contribution < -0.4 is 0 Å². The zero-order valence-corrected chi connectivity index (χ0v) is 13.1. The molecule has 24 heavy (non-hydrogen) atoms. The van der Waals surface area contributed by atoms with Gasteiger partial charge in [0.15, 0.2) is 0 Å². The molecule has 3 aromatic rings. The molecule has 0 saturated carbocycles. The number of hydrogen-bond acceptors (Lipinski definition) is 6. The molecule has 0 atom stereocenters. The van der Waals surface area contributed by atoms with Gasteiger partial charge in [0.25, 0.3) is 0 Å². The van der Waals surface area contributed by atoms with Crippen molar-refractivity contribution in [1.82, 2.24) is 15.0 Å². The number of aromatic hydroxyl groups is 1. The molecule has 0 radical (unpaired) electrons. The van der Waals surface area contributed by atoms with E-state index in [1.807, 2.05) is 0 Å². The van der Waals surface area contributed by atoms with Gasteiger partial charge in [-0.2, -0.15) is 0 Å². The number of hydrogen-bond donors (Lipinski definition) is 2. The van der Waals surface area contributed by atoms with Crippen LogP contribution in [0.5, 0.6) is 5.75 Å². The lowest BCUT2D eigenvalue weighted by atomic mass is 10.1. The maximum atomic E-state index is 11.8. The van der Waals surface area contributed by atoms with E-state index >= 15 is 0 Å². The number of rotatable bonds is 5. The average Bonchev–Trinajstić information content (AvgIpc) is 3.00. The monoisotopic (exact) mass is 327 g/mol. The van der Waals surface area contributed by atoms with E-state index in [0.717, 1.165) is 5.56 Å². The fourth-order valence-electron chi connectivity index (χ4n) is 2.38. The molecule has 2 N–H and O–H groups in total. The molecule has 0 aliphatic rings. The molecule has 0 bridgehead atoms. The van der Waals surface area contributed by atoms with E-state index in [-0.39, 0.29) is 12.4 Å². The summed E-state index contributed by atoms with van der Waals surface area (Å²) >= 11 is 0. The highest BCUT2D eigenvalue weighted by atomic mass is 16.5. The first kappa shape index (κ1) is 15.9. The fourth-order valence-corrected chi connectivity index (χ4v) is 2.38. The minimum atomic E-state index is -0.415. The Hall–Kier alpha value is -2.93. The van der Waals surface area contributed by atoms with Crippen molar-refractivity contribution in [2.45, 2.75) is 13.3 Å². The van der Waals surface area contributed by atoms with Crippen LogP contribution in [0.15, 0.2) is 36.4 Å². The van der Waals surface area contributed by atoms with Crippen molar-refractivity contribution in [3.63, 3.8) is 0 Å². The van der Waals surface area contributed by atoms with Crippen LogP contribution in [0.25, 0.3) is 16.7 Å². The number of phenols is 1. The summed E-state index contributed by atoms with van der Waals surface area (Å²) in [7, 11) is 0. The first-order chi connectivity index (χ1) is 11.6. The van der Waals surface area contributed by atoms with Crippen molar-refractivity contribution in [3.8, 4) is 11.4 Å². The van der Waals surface area contributed by atoms with E-state index in [4.69, 9.17) is 9.84 Å². The van der Waals surface area contributed by atoms with E-state index in [1.54, 1.807) is 43.3 Å². The summed E-state index contributed by atoms with van der Waals surface area (Å²) in [5, 5.41) is 27.7. The summed E-state index contributed by atoms with van der Waals surface area (Å²) in [5.74, 6) is -0.385. The third-order valence-corrected chi connectivity index (χ3v) is 3.55. The van der Waals surface area contributed by atoms with Crippen LogP contribution in [0.1, 0.15) is 22.8 Å². The maximum Gasteiger partial charge on any atom is 0.338 e. The van der Waals surface area contributed by atoms with Crippen molar-refractivity contribution >= 4 is 17.0 Å². The Morgan fingerprint density at radius 1 is 1.17 bits per heavy atom. The molecule has 7 heteroatoms. The Morgan fingerprint density at radius 3 is 2.71 bits per heavy atom. The molecule has 0 aliphatic carbocycles. The number of carbonyl (C=O) groups is 1. The number of nitrogens with zero attached hydrogens (tertiary/aromatic N) is 3. The summed E-state index contributed by atoms with van der Waals surface area (Å²) in [6, 6.07) is 9.90. The van der Waals surface area contributed by atoms with Crippen molar-refractivity contribution in [2.75, 3.05) is 13.2 Å². The standard InChI is InChI=1S/C17H17N3O4/c1-2-24-17(23)12-4-5-13-14(10-12)19-20(18-13)15-9-11(7-8-21)3-6-16(15)22/h3-6,9-10,21-22H,2,7-8H2,1H3. The number of esters is 1. The third-order valence-electron chi connectivity index (χ3n) is 3.55. The molecular weight excluding hydrogens is 310 g/mol. The van der Waals surface area contributed by atoms with Gasteiger partial charge in [0.1, 0.15) is 22.5 Å². The van der Waals surface area contributed by atoms with Gasteiger partial charge in [0, 0.05) is 6.61 Å². The van der Waals surface area contributed by atoms with Gasteiger partial charge in [-0.1, -0.05) is 6.07 Å². The third kappa shape index (κ3) is 3.07. The van der Waals surface area contributed by atoms with E-state index < -0.39 is 5.97 Å². The SMILES string of the molecule is CCOC(=O)c1ccc2nn(-c3cc(CCO)ccc3O)nc2c1. The molecule has 0 amide bonds. The molecule has 0 aliphatic heterocycles. The Labute approximate surface area is 138 Å². The van der Waals surface area contributed by atoms with Gasteiger partial charge in [0.05, 0.1) is 12.2 Å². The van der Waals surface area contributed by atoms with Crippen molar-refractivity contribution in [1.29, 1.82) is 0 Å². The topological polar surface area (TPSA) is 97.5 Å². The number of aliphatic hydroxyl groups excluding tert-OH is 1. The van der Waals surface area contributed by atoms with E-state index in [9.17, 15) is 9.90 Å². The Bertz CT molecular complexity index is 889. The Kier molecular flexibility index (Phi) is 4.43. The second-order valence-electron chi connectivity index (χ2n) is 5.21. The highest BCUT2D eigenvalue weighted by molar-refractivity contribution is 5.93. The predicted molar refractivity (Wildman–Crippen MR) is 87.3 cm³/mol. The number of aliphatic hydroxyl groups is 1. The van der Waals surface area contributed by atoms with Gasteiger partial charge in [-0.05, 0) is 49.2 Å². The second kappa shape index (κ2) is 6.67. The van der Waals surface area contributed by atoms with Gasteiger partial charge in [-0.3, -0.25) is 0 Å². The second-order valence-corrected chi connectivity index (χ2v) is 5.21. The van der Waals surface area contributed by atoms with Gasteiger partial charge >= 0.3 is 5.97 Å². The molecular formula is C17H17N3O4. The summed E-state index contributed by atoms with van der Waals surface area (Å²) in [6.45, 7) is 2.06. The van der Waals surface area contributed by atoms with E-state index in [1.165, 1.54) is 4.80 Å². The molecule has 124 valence electrons. The lowest BCUT2D eigenvalue weighted by molar-refractivity contribution is 0.0526. The zero-order chi connectivity index (χ0) is 17.1. The van der Waals surface area contributed by atoms with Crippen LogP contribution in [0.4, 0.5) is 0 Å². The van der Waals surface area contributed by atoms with Crippen molar-refractivity contribution < 1.29 is 19.7 Å². The van der Waals surface area contributed by atoms with Crippen LogP contribution in [0.2, 0.25) is 0 Å². The van der Waals surface area contributed by atoms with Crippen LogP contribution in [0, 0.1) is 0 Å². The lowest BCUT2D eigenvalue weighted by Crippen LogP contribution is -2.04. The Morgan fingerprint density at radius 2 is 1.96 bits per heavy atom. The molecule has 3 rings (SSSR count). The summed E-state index contributed by atoms with van der Waals surface area (Å²) < 4.78 is 4.97. The number of aromatic nitrogens is 3. The first-order valence-electron chi connectivity index (χ1n) is 7.59. The molecule has 0 saturated heterocycles. The van der Waals surface area contributed by atoms with Gasteiger partial charge in [-0.25, -0.2) is 4.79 Å². The number of carbonyl (C=O) groups excluding carboxylic acids is 1. The van der Waals surface area contributed by atoms with E-state index in [2.05, 4.69) is 10.2 Å². The average molecular weight is 327 g/mol. The molecule has 0 spiro atoms. The highest BCUT2D eigenvalue weighted by Gasteiger charge is 2.13. The molecule has 7 nitrogen and oxygen atoms in total. The van der Waals surface area contributed by atoms with Gasteiger partial charge in [-0.15, -0.1) is 15.0 Å². The lowest BCUT2D eigenvalue weighted by Gasteiger charge is -2.05. The van der Waals surface area contributed by atoms with Crippen LogP contribution in [0.3, 0.4) is 0 Å². The maximum absolute atomic E-state index is 11.8. The number of phenolic OH excluding ortho intramolecular Hbond substituents is 1. The predicted octanol–water partition coefficient (Wildman–Crippen LogP) is 1.84.